The van der Waals surface area contributed by atoms with Gasteiger partial charge in [-0.05, 0) is 18.2 Å². The van der Waals surface area contributed by atoms with E-state index in [4.69, 9.17) is 10.5 Å². The fourth-order valence-corrected chi connectivity index (χ4v) is 3.88. The van der Waals surface area contributed by atoms with Gasteiger partial charge in [-0.25, -0.2) is 8.42 Å². The third-order valence-corrected chi connectivity index (χ3v) is 5.37. The van der Waals surface area contributed by atoms with Crippen LogP contribution in [0.2, 0.25) is 0 Å². The average Bonchev–Trinajstić information content (AvgIpc) is 2.70. The van der Waals surface area contributed by atoms with Crippen molar-refractivity contribution in [2.75, 3.05) is 18.9 Å². The Kier molecular flexibility index (Phi) is 3.57. The third kappa shape index (κ3) is 2.59. The van der Waals surface area contributed by atoms with E-state index in [-0.39, 0.29) is 17.1 Å². The highest BCUT2D eigenvalue weighted by Gasteiger charge is 2.28. The van der Waals surface area contributed by atoms with Gasteiger partial charge in [0, 0.05) is 18.7 Å². The smallest absolute Gasteiger partial charge is 0.245 e. The number of nitrogens with zero attached hydrogens (tertiary/aromatic N) is 1. The number of nitrogen functional groups attached to an aromatic ring is 1. The number of anilines is 1. The van der Waals surface area contributed by atoms with Gasteiger partial charge in [-0.15, -0.1) is 0 Å². The maximum atomic E-state index is 12.8. The molecule has 6 heteroatoms. The van der Waals surface area contributed by atoms with Crippen LogP contribution in [0.1, 0.15) is 5.56 Å². The number of benzene rings is 2. The Hall–Kier alpha value is -2.05. The Morgan fingerprint density at radius 2 is 1.76 bits per heavy atom. The summed E-state index contributed by atoms with van der Waals surface area (Å²) in [7, 11) is -3.63. The SMILES string of the molecule is Nc1ccccc1S(=O)(=O)N1CCOc2ccccc2C1. The molecule has 3 rings (SSSR count). The van der Waals surface area contributed by atoms with E-state index in [0.717, 1.165) is 11.3 Å². The molecule has 0 atom stereocenters. The standard InChI is InChI=1S/C15H16N2O3S/c16-13-6-2-4-8-15(13)21(18,19)17-9-10-20-14-7-3-1-5-12(14)11-17/h1-8H,9-11,16H2. The summed E-state index contributed by atoms with van der Waals surface area (Å²) in [5, 5.41) is 0. The molecular formula is C15H16N2O3S. The number of ether oxygens (including phenoxy) is 1. The summed E-state index contributed by atoms with van der Waals surface area (Å²) in [5.74, 6) is 0.733. The highest BCUT2D eigenvalue weighted by Crippen LogP contribution is 2.28. The van der Waals surface area contributed by atoms with Gasteiger partial charge in [-0.3, -0.25) is 0 Å². The average molecular weight is 304 g/mol. The van der Waals surface area contributed by atoms with Crippen LogP contribution in [0.25, 0.3) is 0 Å². The molecule has 0 unspecified atom stereocenters. The molecule has 110 valence electrons. The monoisotopic (exact) mass is 304 g/mol. The van der Waals surface area contributed by atoms with E-state index in [2.05, 4.69) is 0 Å². The highest BCUT2D eigenvalue weighted by atomic mass is 32.2. The Labute approximate surface area is 124 Å². The summed E-state index contributed by atoms with van der Waals surface area (Å²) in [4.78, 5) is 0.143. The summed E-state index contributed by atoms with van der Waals surface area (Å²) in [6.07, 6.45) is 0. The van der Waals surface area contributed by atoms with Crippen LogP contribution in [0.15, 0.2) is 53.4 Å². The van der Waals surface area contributed by atoms with E-state index in [9.17, 15) is 8.42 Å². The normalized spacial score (nSPS) is 15.8. The molecule has 0 aromatic heterocycles. The van der Waals surface area contributed by atoms with Crippen LogP contribution in [0, 0.1) is 0 Å². The fraction of sp³-hybridized carbons (Fsp3) is 0.200. The molecule has 0 saturated carbocycles. The predicted molar refractivity (Wildman–Crippen MR) is 80.4 cm³/mol. The lowest BCUT2D eigenvalue weighted by Crippen LogP contribution is -2.33. The minimum absolute atomic E-state index is 0.143. The van der Waals surface area contributed by atoms with Crippen molar-refractivity contribution in [3.63, 3.8) is 0 Å². The molecule has 21 heavy (non-hydrogen) atoms. The summed E-state index contributed by atoms with van der Waals surface area (Å²) in [6, 6.07) is 14.0. The molecule has 0 aliphatic carbocycles. The summed E-state index contributed by atoms with van der Waals surface area (Å²) < 4.78 is 32.5. The Balaban J connectivity index is 1.99. The molecule has 2 aromatic carbocycles. The highest BCUT2D eigenvalue weighted by molar-refractivity contribution is 7.89. The Morgan fingerprint density at radius 1 is 1.05 bits per heavy atom. The van der Waals surface area contributed by atoms with E-state index >= 15 is 0 Å². The van der Waals surface area contributed by atoms with Crippen molar-refractivity contribution in [3.8, 4) is 5.75 Å². The van der Waals surface area contributed by atoms with Gasteiger partial charge in [0.25, 0.3) is 0 Å². The lowest BCUT2D eigenvalue weighted by molar-refractivity contribution is 0.293. The molecule has 2 N–H and O–H groups in total. The summed E-state index contributed by atoms with van der Waals surface area (Å²) >= 11 is 0. The topological polar surface area (TPSA) is 72.6 Å². The van der Waals surface area contributed by atoms with Gasteiger partial charge in [0.1, 0.15) is 17.3 Å². The minimum atomic E-state index is -3.63. The van der Waals surface area contributed by atoms with Crippen LogP contribution in [0.3, 0.4) is 0 Å². The molecule has 1 aliphatic rings. The quantitative estimate of drug-likeness (QED) is 0.859. The number of hydrogen-bond acceptors (Lipinski definition) is 4. The van der Waals surface area contributed by atoms with Gasteiger partial charge in [0.2, 0.25) is 10.0 Å². The largest absolute Gasteiger partial charge is 0.492 e. The van der Waals surface area contributed by atoms with Crippen molar-refractivity contribution in [3.05, 3.63) is 54.1 Å². The lowest BCUT2D eigenvalue weighted by Gasteiger charge is -2.20. The first-order valence-corrected chi connectivity index (χ1v) is 8.08. The molecular weight excluding hydrogens is 288 g/mol. The second-order valence-corrected chi connectivity index (χ2v) is 6.74. The number of para-hydroxylation sites is 2. The zero-order chi connectivity index (χ0) is 14.9. The zero-order valence-corrected chi connectivity index (χ0v) is 12.2. The number of rotatable bonds is 2. The van der Waals surface area contributed by atoms with Gasteiger partial charge in [-0.2, -0.15) is 4.31 Å². The van der Waals surface area contributed by atoms with Crippen LogP contribution in [0.4, 0.5) is 5.69 Å². The minimum Gasteiger partial charge on any atom is -0.492 e. The van der Waals surface area contributed by atoms with E-state index < -0.39 is 10.0 Å². The predicted octanol–water partition coefficient (Wildman–Crippen LogP) is 1.85. The van der Waals surface area contributed by atoms with Gasteiger partial charge in [0.15, 0.2) is 0 Å². The molecule has 1 heterocycles. The lowest BCUT2D eigenvalue weighted by atomic mass is 10.2. The van der Waals surface area contributed by atoms with Crippen LogP contribution >= 0.6 is 0 Å². The first kappa shape index (κ1) is 13.9. The van der Waals surface area contributed by atoms with Crippen molar-refractivity contribution in [1.29, 1.82) is 0 Å². The summed E-state index contributed by atoms with van der Waals surface area (Å²) in [5.41, 5.74) is 6.92. The molecule has 0 bridgehead atoms. The molecule has 5 nitrogen and oxygen atoms in total. The van der Waals surface area contributed by atoms with Gasteiger partial charge < -0.3 is 10.5 Å². The molecule has 0 saturated heterocycles. The molecule has 0 fully saturated rings. The third-order valence-electron chi connectivity index (χ3n) is 3.45. The van der Waals surface area contributed by atoms with Crippen LogP contribution in [0.5, 0.6) is 5.75 Å². The zero-order valence-electron chi connectivity index (χ0n) is 11.4. The second-order valence-electron chi connectivity index (χ2n) is 4.83. The molecule has 1 aliphatic heterocycles. The summed E-state index contributed by atoms with van der Waals surface area (Å²) in [6.45, 7) is 0.904. The molecule has 0 spiro atoms. The maximum Gasteiger partial charge on any atom is 0.245 e. The van der Waals surface area contributed by atoms with E-state index in [1.807, 2.05) is 24.3 Å². The van der Waals surface area contributed by atoms with Gasteiger partial charge >= 0.3 is 0 Å². The maximum absolute atomic E-state index is 12.8. The molecule has 2 aromatic rings. The van der Waals surface area contributed by atoms with Crippen molar-refractivity contribution < 1.29 is 13.2 Å². The molecule has 0 radical (unpaired) electrons. The van der Waals surface area contributed by atoms with Crippen LogP contribution in [-0.4, -0.2) is 25.9 Å². The first-order chi connectivity index (χ1) is 10.1. The number of sulfonamides is 1. The number of hydrogen-bond donors (Lipinski definition) is 1. The van der Waals surface area contributed by atoms with E-state index in [1.54, 1.807) is 18.2 Å². The van der Waals surface area contributed by atoms with Crippen LogP contribution in [-0.2, 0) is 16.6 Å². The van der Waals surface area contributed by atoms with Crippen molar-refractivity contribution in [2.45, 2.75) is 11.4 Å². The van der Waals surface area contributed by atoms with Crippen molar-refractivity contribution in [2.24, 2.45) is 0 Å². The number of fused-ring (bicyclic) bond motifs is 1. The second kappa shape index (κ2) is 5.38. The van der Waals surface area contributed by atoms with E-state index in [1.165, 1.54) is 10.4 Å². The van der Waals surface area contributed by atoms with Gasteiger partial charge in [-0.1, -0.05) is 30.3 Å². The fourth-order valence-electron chi connectivity index (χ4n) is 2.36. The van der Waals surface area contributed by atoms with Crippen LogP contribution < -0.4 is 10.5 Å². The Bertz CT molecular complexity index is 759. The Morgan fingerprint density at radius 3 is 2.57 bits per heavy atom. The van der Waals surface area contributed by atoms with E-state index in [0.29, 0.717) is 13.2 Å². The van der Waals surface area contributed by atoms with Crippen molar-refractivity contribution in [1.82, 2.24) is 4.31 Å². The number of nitrogens with two attached hydrogens (primary N) is 1. The first-order valence-electron chi connectivity index (χ1n) is 6.64. The molecule has 0 amide bonds. The van der Waals surface area contributed by atoms with Gasteiger partial charge in [0.05, 0.1) is 5.69 Å². The van der Waals surface area contributed by atoms with Crippen molar-refractivity contribution >= 4 is 15.7 Å².